The normalized spacial score (nSPS) is 15.9. The highest BCUT2D eigenvalue weighted by atomic mass is 32.1. The molecule has 2 rings (SSSR count). The maximum Gasteiger partial charge on any atom is 0.265 e. The number of rotatable bonds is 7. The molecular weight excluding hydrogens is 350 g/mol. The van der Waals surface area contributed by atoms with Gasteiger partial charge in [0.15, 0.2) is 5.11 Å². The van der Waals surface area contributed by atoms with Crippen LogP contribution in [-0.2, 0) is 9.59 Å². The monoisotopic (exact) mass is 373 g/mol. The average molecular weight is 373 g/mol. The number of hydrogen-bond donors (Lipinski definition) is 1. The summed E-state index contributed by atoms with van der Waals surface area (Å²) >= 11 is 5.05. The molecule has 0 atom stereocenters. The van der Waals surface area contributed by atoms with E-state index in [1.54, 1.807) is 13.2 Å². The van der Waals surface area contributed by atoms with Gasteiger partial charge in [0.1, 0.15) is 11.3 Å². The minimum Gasteiger partial charge on any atom is -0.496 e. The highest BCUT2D eigenvalue weighted by Gasteiger charge is 2.32. The molecule has 0 spiro atoms. The van der Waals surface area contributed by atoms with Crippen LogP contribution in [0.4, 0.5) is 5.69 Å². The van der Waals surface area contributed by atoms with E-state index in [2.05, 4.69) is 30.6 Å². The van der Waals surface area contributed by atoms with Crippen molar-refractivity contribution in [2.45, 2.75) is 13.8 Å². The minimum atomic E-state index is -0.518. The lowest BCUT2D eigenvalue weighted by Crippen LogP contribution is -2.53. The first-order valence-corrected chi connectivity index (χ1v) is 8.80. The van der Waals surface area contributed by atoms with E-state index >= 15 is 0 Å². The van der Waals surface area contributed by atoms with Crippen LogP contribution in [0.25, 0.3) is 6.08 Å². The van der Waals surface area contributed by atoms with E-state index in [-0.39, 0.29) is 17.2 Å². The van der Waals surface area contributed by atoms with Gasteiger partial charge in [-0.2, -0.15) is 0 Å². The van der Waals surface area contributed by atoms with Crippen molar-refractivity contribution < 1.29 is 14.3 Å². The molecule has 1 aliphatic heterocycles. The van der Waals surface area contributed by atoms with Gasteiger partial charge in [-0.1, -0.05) is 6.08 Å². The molecular formula is C19H23N3O3S. The second-order valence-corrected chi connectivity index (χ2v) is 6.01. The summed E-state index contributed by atoms with van der Waals surface area (Å²) < 4.78 is 5.46. The van der Waals surface area contributed by atoms with E-state index in [0.29, 0.717) is 11.3 Å². The summed E-state index contributed by atoms with van der Waals surface area (Å²) in [6.45, 7) is 9.74. The molecule has 0 saturated carbocycles. The van der Waals surface area contributed by atoms with Crippen LogP contribution >= 0.6 is 12.2 Å². The predicted molar refractivity (Wildman–Crippen MR) is 107 cm³/mol. The van der Waals surface area contributed by atoms with Crippen molar-refractivity contribution in [3.05, 3.63) is 42.0 Å². The standard InChI is InChI=1S/C19H23N3O3S/c1-5-10-22-18(24)15(17(23)20-19(22)26)11-13-8-9-14(12-16(13)25-4)21(6-2)7-3/h5,8-9,11-12H,1,6-7,10H2,2-4H3,(H,20,23,26). The molecule has 1 aromatic rings. The highest BCUT2D eigenvalue weighted by Crippen LogP contribution is 2.28. The van der Waals surface area contributed by atoms with Gasteiger partial charge in [-0.05, 0) is 44.3 Å². The van der Waals surface area contributed by atoms with E-state index in [4.69, 9.17) is 17.0 Å². The Morgan fingerprint density at radius 3 is 2.58 bits per heavy atom. The molecule has 0 bridgehead atoms. The van der Waals surface area contributed by atoms with Crippen LogP contribution < -0.4 is 15.0 Å². The largest absolute Gasteiger partial charge is 0.496 e. The Hall–Kier alpha value is -2.67. The molecule has 1 aromatic carbocycles. The molecule has 0 aromatic heterocycles. The number of carbonyl (C=O) groups is 2. The number of amides is 2. The summed E-state index contributed by atoms with van der Waals surface area (Å²) in [5.41, 5.74) is 1.67. The predicted octanol–water partition coefficient (Wildman–Crippen LogP) is 2.35. The molecule has 0 aliphatic carbocycles. The molecule has 138 valence electrons. The molecule has 0 radical (unpaired) electrons. The van der Waals surface area contributed by atoms with Gasteiger partial charge in [-0.15, -0.1) is 6.58 Å². The first-order valence-electron chi connectivity index (χ1n) is 8.39. The number of ether oxygens (including phenoxy) is 1. The number of thiocarbonyl (C=S) groups is 1. The van der Waals surface area contributed by atoms with E-state index < -0.39 is 11.8 Å². The van der Waals surface area contributed by atoms with E-state index in [1.807, 2.05) is 18.2 Å². The Balaban J connectivity index is 2.43. The molecule has 1 heterocycles. The zero-order valence-corrected chi connectivity index (χ0v) is 16.1. The van der Waals surface area contributed by atoms with Crippen LogP contribution in [-0.4, -0.2) is 48.6 Å². The number of nitrogens with one attached hydrogen (secondary N) is 1. The third-order valence-electron chi connectivity index (χ3n) is 4.14. The number of nitrogens with zero attached hydrogens (tertiary/aromatic N) is 2. The topological polar surface area (TPSA) is 61.9 Å². The summed E-state index contributed by atoms with van der Waals surface area (Å²) in [6, 6.07) is 5.68. The fourth-order valence-corrected chi connectivity index (χ4v) is 3.00. The third-order valence-corrected chi connectivity index (χ3v) is 4.47. The summed E-state index contributed by atoms with van der Waals surface area (Å²) in [5.74, 6) is -0.380. The van der Waals surface area contributed by atoms with Crippen LogP contribution in [0.1, 0.15) is 19.4 Å². The molecule has 1 saturated heterocycles. The lowest BCUT2D eigenvalue weighted by atomic mass is 10.1. The quantitative estimate of drug-likeness (QED) is 0.344. The average Bonchev–Trinajstić information content (AvgIpc) is 2.63. The van der Waals surface area contributed by atoms with Crippen molar-refractivity contribution in [1.29, 1.82) is 0 Å². The molecule has 1 fully saturated rings. The highest BCUT2D eigenvalue weighted by molar-refractivity contribution is 7.80. The molecule has 1 aliphatic rings. The van der Waals surface area contributed by atoms with Crippen molar-refractivity contribution in [2.75, 3.05) is 31.6 Å². The van der Waals surface area contributed by atoms with Crippen molar-refractivity contribution in [1.82, 2.24) is 10.2 Å². The first-order chi connectivity index (χ1) is 12.5. The molecule has 6 nitrogen and oxygen atoms in total. The van der Waals surface area contributed by atoms with E-state index in [9.17, 15) is 9.59 Å². The Morgan fingerprint density at radius 2 is 2.00 bits per heavy atom. The van der Waals surface area contributed by atoms with Crippen LogP contribution in [0.15, 0.2) is 36.4 Å². The maximum absolute atomic E-state index is 12.6. The van der Waals surface area contributed by atoms with Crippen molar-refractivity contribution in [3.8, 4) is 5.75 Å². The molecule has 7 heteroatoms. The molecule has 26 heavy (non-hydrogen) atoms. The van der Waals surface area contributed by atoms with Gasteiger partial charge >= 0.3 is 0 Å². The van der Waals surface area contributed by atoms with Crippen molar-refractivity contribution in [2.24, 2.45) is 0 Å². The number of hydrogen-bond acceptors (Lipinski definition) is 5. The Bertz CT molecular complexity index is 769. The SMILES string of the molecule is C=CCN1C(=O)C(=Cc2ccc(N(CC)CC)cc2OC)C(=O)NC1=S. The molecule has 1 N–H and O–H groups in total. The maximum atomic E-state index is 12.6. The number of benzene rings is 1. The van der Waals surface area contributed by atoms with Gasteiger partial charge in [0, 0.05) is 37.0 Å². The van der Waals surface area contributed by atoms with Crippen molar-refractivity contribution in [3.63, 3.8) is 0 Å². The van der Waals surface area contributed by atoms with Crippen molar-refractivity contribution >= 4 is 40.9 Å². The molecule has 0 unspecified atom stereocenters. The van der Waals surface area contributed by atoms with E-state index in [0.717, 1.165) is 18.8 Å². The summed E-state index contributed by atoms with van der Waals surface area (Å²) in [5, 5.41) is 2.62. The number of anilines is 1. The summed E-state index contributed by atoms with van der Waals surface area (Å²) in [4.78, 5) is 28.3. The lowest BCUT2D eigenvalue weighted by Gasteiger charge is -2.28. The number of methoxy groups -OCH3 is 1. The van der Waals surface area contributed by atoms with Crippen LogP contribution in [0.5, 0.6) is 5.75 Å². The van der Waals surface area contributed by atoms with Crippen LogP contribution in [0, 0.1) is 0 Å². The van der Waals surface area contributed by atoms with Gasteiger partial charge in [-0.25, -0.2) is 0 Å². The number of carbonyl (C=O) groups excluding carboxylic acids is 2. The fourth-order valence-electron chi connectivity index (χ4n) is 2.75. The zero-order chi connectivity index (χ0) is 19.3. The Morgan fingerprint density at radius 1 is 1.31 bits per heavy atom. The Kier molecular flexibility index (Phi) is 6.52. The van der Waals surface area contributed by atoms with Gasteiger partial charge in [0.05, 0.1) is 7.11 Å². The van der Waals surface area contributed by atoms with Gasteiger partial charge in [-0.3, -0.25) is 19.8 Å². The van der Waals surface area contributed by atoms with Gasteiger partial charge in [0.2, 0.25) is 0 Å². The third kappa shape index (κ3) is 3.94. The summed E-state index contributed by atoms with van der Waals surface area (Å²) in [7, 11) is 1.56. The lowest BCUT2D eigenvalue weighted by molar-refractivity contribution is -0.128. The van der Waals surface area contributed by atoms with Gasteiger partial charge in [0.25, 0.3) is 11.8 Å². The fraction of sp³-hybridized carbons (Fsp3) is 0.316. The first kappa shape index (κ1) is 19.7. The zero-order valence-electron chi connectivity index (χ0n) is 15.2. The van der Waals surface area contributed by atoms with Gasteiger partial charge < -0.3 is 9.64 Å². The Labute approximate surface area is 159 Å². The smallest absolute Gasteiger partial charge is 0.265 e. The van der Waals surface area contributed by atoms with Crippen LogP contribution in [0.2, 0.25) is 0 Å². The molecule has 2 amide bonds. The van der Waals surface area contributed by atoms with E-state index in [1.165, 1.54) is 11.0 Å². The minimum absolute atomic E-state index is 0.00865. The second kappa shape index (κ2) is 8.62. The van der Waals surface area contributed by atoms with Crippen LogP contribution in [0.3, 0.4) is 0 Å². The summed E-state index contributed by atoms with van der Waals surface area (Å²) in [6.07, 6.45) is 3.08. The second-order valence-electron chi connectivity index (χ2n) is 5.62.